The van der Waals surface area contributed by atoms with Gasteiger partial charge in [-0.25, -0.2) is 9.78 Å². The molecule has 1 saturated carbocycles. The molecule has 3 heterocycles. The van der Waals surface area contributed by atoms with E-state index in [0.29, 0.717) is 5.56 Å². The summed E-state index contributed by atoms with van der Waals surface area (Å²) in [5.41, 5.74) is 3.18. The van der Waals surface area contributed by atoms with Crippen LogP contribution in [0.3, 0.4) is 0 Å². The second kappa shape index (κ2) is 9.83. The van der Waals surface area contributed by atoms with Crippen LogP contribution in [0.1, 0.15) is 49.9 Å². The molecule has 1 aliphatic rings. The quantitative estimate of drug-likeness (QED) is 0.482. The van der Waals surface area contributed by atoms with Crippen molar-refractivity contribution < 1.29 is 14.3 Å². The fourth-order valence-corrected chi connectivity index (χ4v) is 5.65. The molecule has 10 heteroatoms. The van der Waals surface area contributed by atoms with Gasteiger partial charge in [-0.1, -0.05) is 0 Å². The van der Waals surface area contributed by atoms with Crippen LogP contribution in [-0.4, -0.2) is 47.2 Å². The molecule has 4 rings (SSSR count). The van der Waals surface area contributed by atoms with E-state index in [2.05, 4.69) is 50.6 Å². The standard InChI is InChI=1S/C22H27N5O3S2/c1-12(2)25-19-15-8-17(18-10-23-11-31-18)32-21(15)24-9-16(19)20(28)26-13-4-6-14(7-5-13)27-22(29)30-3/h8-14H,4-7H2,1-3H3,(H,24,25)(H,26,28)(H,27,29)/t13-,14-. The predicted octanol–water partition coefficient (Wildman–Crippen LogP) is 4.64. The molecule has 3 N–H and O–H groups in total. The van der Waals surface area contributed by atoms with E-state index >= 15 is 0 Å². The average Bonchev–Trinajstić information content (AvgIpc) is 3.44. The molecule has 3 aromatic heterocycles. The number of thiophene rings is 1. The number of rotatable bonds is 6. The highest BCUT2D eigenvalue weighted by Crippen LogP contribution is 2.39. The second-order valence-corrected chi connectivity index (χ2v) is 10.1. The summed E-state index contributed by atoms with van der Waals surface area (Å²) in [5.74, 6) is -0.127. The van der Waals surface area contributed by atoms with Crippen molar-refractivity contribution >= 4 is 50.6 Å². The Hall–Kier alpha value is -2.72. The minimum absolute atomic E-state index is 0.0658. The van der Waals surface area contributed by atoms with Crippen LogP contribution in [0.25, 0.3) is 20.0 Å². The van der Waals surface area contributed by atoms with E-state index in [9.17, 15) is 9.59 Å². The number of carbonyl (C=O) groups excluding carboxylic acids is 2. The molecule has 0 atom stereocenters. The maximum absolute atomic E-state index is 13.2. The van der Waals surface area contributed by atoms with E-state index in [1.807, 2.05) is 11.7 Å². The molecule has 1 fully saturated rings. The highest BCUT2D eigenvalue weighted by Gasteiger charge is 2.26. The lowest BCUT2D eigenvalue weighted by molar-refractivity contribution is 0.0923. The van der Waals surface area contributed by atoms with Gasteiger partial charge in [0.25, 0.3) is 5.91 Å². The first kappa shape index (κ1) is 22.5. The highest BCUT2D eigenvalue weighted by molar-refractivity contribution is 7.25. The van der Waals surface area contributed by atoms with Crippen LogP contribution in [0.5, 0.6) is 0 Å². The average molecular weight is 474 g/mol. The maximum atomic E-state index is 13.2. The maximum Gasteiger partial charge on any atom is 0.407 e. The molecule has 2 amide bonds. The monoisotopic (exact) mass is 473 g/mol. The summed E-state index contributed by atoms with van der Waals surface area (Å²) in [4.78, 5) is 36.5. The molecule has 1 aliphatic carbocycles. The van der Waals surface area contributed by atoms with Crippen LogP contribution in [0, 0.1) is 0 Å². The number of ether oxygens (including phenoxy) is 1. The summed E-state index contributed by atoms with van der Waals surface area (Å²) in [6, 6.07) is 2.41. The van der Waals surface area contributed by atoms with E-state index in [0.717, 1.165) is 51.3 Å². The van der Waals surface area contributed by atoms with Crippen molar-refractivity contribution in [2.24, 2.45) is 0 Å². The number of methoxy groups -OCH3 is 1. The molecule has 0 spiro atoms. The Labute approximate surface area is 194 Å². The number of nitrogens with zero attached hydrogens (tertiary/aromatic N) is 2. The lowest BCUT2D eigenvalue weighted by Crippen LogP contribution is -2.43. The summed E-state index contributed by atoms with van der Waals surface area (Å²) in [6.07, 6.45) is 6.32. The Morgan fingerprint density at radius 1 is 1.09 bits per heavy atom. The molecule has 3 aromatic rings. The number of hydrogen-bond acceptors (Lipinski definition) is 8. The number of fused-ring (bicyclic) bond motifs is 1. The van der Waals surface area contributed by atoms with Gasteiger partial charge in [0.15, 0.2) is 0 Å². The lowest BCUT2D eigenvalue weighted by atomic mass is 9.91. The third-order valence-corrected chi connectivity index (χ3v) is 7.50. The van der Waals surface area contributed by atoms with Crippen LogP contribution >= 0.6 is 22.7 Å². The van der Waals surface area contributed by atoms with Gasteiger partial charge in [0.1, 0.15) is 4.83 Å². The van der Waals surface area contributed by atoms with Crippen molar-refractivity contribution in [1.29, 1.82) is 0 Å². The van der Waals surface area contributed by atoms with Gasteiger partial charge in [-0.2, -0.15) is 0 Å². The van der Waals surface area contributed by atoms with Crippen LogP contribution in [0.2, 0.25) is 0 Å². The zero-order valence-electron chi connectivity index (χ0n) is 18.3. The molecule has 0 aliphatic heterocycles. The Balaban J connectivity index is 1.52. The van der Waals surface area contributed by atoms with Gasteiger partial charge >= 0.3 is 6.09 Å². The first-order valence-corrected chi connectivity index (χ1v) is 12.4. The number of alkyl carbamates (subject to hydrolysis) is 1. The Morgan fingerprint density at radius 2 is 1.81 bits per heavy atom. The Kier molecular flexibility index (Phi) is 6.90. The van der Waals surface area contributed by atoms with Crippen LogP contribution < -0.4 is 16.0 Å². The number of nitrogens with one attached hydrogen (secondary N) is 3. The van der Waals surface area contributed by atoms with Crippen LogP contribution in [0.15, 0.2) is 24.0 Å². The van der Waals surface area contributed by atoms with Crippen LogP contribution in [-0.2, 0) is 4.74 Å². The number of thiazole rings is 1. The zero-order valence-corrected chi connectivity index (χ0v) is 19.9. The number of anilines is 1. The first-order chi connectivity index (χ1) is 15.4. The predicted molar refractivity (Wildman–Crippen MR) is 129 cm³/mol. The molecule has 0 radical (unpaired) electrons. The number of aromatic nitrogens is 2. The van der Waals surface area contributed by atoms with Gasteiger partial charge in [0.05, 0.1) is 28.7 Å². The van der Waals surface area contributed by atoms with Gasteiger partial charge in [-0.05, 0) is 45.6 Å². The van der Waals surface area contributed by atoms with E-state index in [-0.39, 0.29) is 24.0 Å². The van der Waals surface area contributed by atoms with Crippen molar-refractivity contribution in [3.8, 4) is 9.75 Å². The molecule has 0 aromatic carbocycles. The van der Waals surface area contributed by atoms with Crippen LogP contribution in [0.4, 0.5) is 10.5 Å². The van der Waals surface area contributed by atoms with E-state index in [1.54, 1.807) is 28.9 Å². The largest absolute Gasteiger partial charge is 0.453 e. The number of pyridine rings is 1. The topological polar surface area (TPSA) is 105 Å². The zero-order chi connectivity index (χ0) is 22.7. The van der Waals surface area contributed by atoms with Crippen molar-refractivity contribution in [2.45, 2.75) is 57.7 Å². The molecule has 32 heavy (non-hydrogen) atoms. The highest BCUT2D eigenvalue weighted by atomic mass is 32.1. The molecule has 0 saturated heterocycles. The third kappa shape index (κ3) is 5.02. The number of hydrogen-bond donors (Lipinski definition) is 3. The van der Waals surface area contributed by atoms with E-state index < -0.39 is 6.09 Å². The fourth-order valence-electron chi connectivity index (χ4n) is 3.94. The van der Waals surface area contributed by atoms with E-state index in [1.165, 1.54) is 7.11 Å². The minimum atomic E-state index is -0.408. The summed E-state index contributed by atoms with van der Waals surface area (Å²) >= 11 is 3.19. The summed E-state index contributed by atoms with van der Waals surface area (Å²) < 4.78 is 4.67. The summed E-state index contributed by atoms with van der Waals surface area (Å²) in [5, 5.41) is 10.4. The van der Waals surface area contributed by atoms with E-state index in [4.69, 9.17) is 0 Å². The first-order valence-electron chi connectivity index (χ1n) is 10.7. The summed E-state index contributed by atoms with van der Waals surface area (Å²) in [6.45, 7) is 4.11. The van der Waals surface area contributed by atoms with Crippen molar-refractivity contribution in [3.63, 3.8) is 0 Å². The summed E-state index contributed by atoms with van der Waals surface area (Å²) in [7, 11) is 1.36. The Bertz CT molecular complexity index is 1090. The lowest BCUT2D eigenvalue weighted by Gasteiger charge is -2.29. The molecular formula is C22H27N5O3S2. The minimum Gasteiger partial charge on any atom is -0.453 e. The molecule has 0 bridgehead atoms. The SMILES string of the molecule is COC(=O)N[C@H]1CC[C@H](NC(=O)c2cnc3sc(-c4cncs4)cc3c2NC(C)C)CC1. The van der Waals surface area contributed by atoms with Crippen molar-refractivity contribution in [1.82, 2.24) is 20.6 Å². The third-order valence-electron chi connectivity index (χ3n) is 5.48. The van der Waals surface area contributed by atoms with Gasteiger partial charge in [0, 0.05) is 40.8 Å². The molecule has 0 unspecified atom stereocenters. The Morgan fingerprint density at radius 3 is 2.44 bits per heavy atom. The van der Waals surface area contributed by atoms with Gasteiger partial charge in [-0.15, -0.1) is 22.7 Å². The second-order valence-electron chi connectivity index (χ2n) is 8.20. The smallest absolute Gasteiger partial charge is 0.407 e. The molecular weight excluding hydrogens is 446 g/mol. The van der Waals surface area contributed by atoms with Crippen molar-refractivity contribution in [3.05, 3.63) is 29.5 Å². The fraction of sp³-hybridized carbons (Fsp3) is 0.455. The number of amides is 2. The number of carbonyl (C=O) groups is 2. The normalized spacial score (nSPS) is 18.5. The van der Waals surface area contributed by atoms with Gasteiger partial charge in [0.2, 0.25) is 0 Å². The van der Waals surface area contributed by atoms with Crippen molar-refractivity contribution in [2.75, 3.05) is 12.4 Å². The molecule has 170 valence electrons. The van der Waals surface area contributed by atoms with Gasteiger partial charge in [-0.3, -0.25) is 9.78 Å². The molecule has 8 nitrogen and oxygen atoms in total. The van der Waals surface area contributed by atoms with Gasteiger partial charge < -0.3 is 20.7 Å².